The minimum Gasteiger partial charge on any atom is -0.319 e. The van der Waals surface area contributed by atoms with Gasteiger partial charge in [-0.2, -0.15) is 0 Å². The zero-order valence-electron chi connectivity index (χ0n) is 6.57. The highest BCUT2D eigenvalue weighted by atomic mass is 79.9. The molecule has 0 aromatic heterocycles. The summed E-state index contributed by atoms with van der Waals surface area (Å²) in [6.45, 7) is 1.86. The molecule has 2 nitrogen and oxygen atoms in total. The standard InChI is InChI=1S/C9H9BrN2/c10-9-11-6-7-12(9)8-4-2-1-3-5-8/h1-5H,6-7H2. The van der Waals surface area contributed by atoms with Gasteiger partial charge in [-0.05, 0) is 28.1 Å². The van der Waals surface area contributed by atoms with Crippen LogP contribution in [0.25, 0.3) is 0 Å². The molecule has 0 fully saturated rings. The number of nitrogens with zero attached hydrogens (tertiary/aromatic N) is 2. The third kappa shape index (κ3) is 1.37. The van der Waals surface area contributed by atoms with E-state index in [1.54, 1.807) is 0 Å². The lowest BCUT2D eigenvalue weighted by atomic mass is 10.3. The molecule has 3 heteroatoms. The van der Waals surface area contributed by atoms with Crippen molar-refractivity contribution >= 4 is 26.4 Å². The summed E-state index contributed by atoms with van der Waals surface area (Å²) in [5.41, 5.74) is 1.20. The molecule has 0 spiro atoms. The Morgan fingerprint density at radius 3 is 2.58 bits per heavy atom. The molecule has 0 saturated carbocycles. The van der Waals surface area contributed by atoms with Crippen LogP contribution in [0.15, 0.2) is 35.3 Å². The van der Waals surface area contributed by atoms with Gasteiger partial charge in [0.1, 0.15) is 0 Å². The van der Waals surface area contributed by atoms with Crippen LogP contribution in [0, 0.1) is 0 Å². The van der Waals surface area contributed by atoms with E-state index in [2.05, 4.69) is 38.0 Å². The first-order chi connectivity index (χ1) is 5.88. The number of hydrogen-bond acceptors (Lipinski definition) is 2. The predicted molar refractivity (Wildman–Crippen MR) is 55.0 cm³/mol. The van der Waals surface area contributed by atoms with Crippen molar-refractivity contribution in [3.05, 3.63) is 30.3 Å². The summed E-state index contributed by atoms with van der Waals surface area (Å²) in [5.74, 6) is 0. The van der Waals surface area contributed by atoms with E-state index in [1.807, 2.05) is 18.2 Å². The average molecular weight is 225 g/mol. The first-order valence-corrected chi connectivity index (χ1v) is 4.70. The van der Waals surface area contributed by atoms with Gasteiger partial charge in [0.15, 0.2) is 4.74 Å². The summed E-state index contributed by atoms with van der Waals surface area (Å²) in [4.78, 5) is 6.41. The van der Waals surface area contributed by atoms with Crippen molar-refractivity contribution in [1.82, 2.24) is 0 Å². The van der Waals surface area contributed by atoms with E-state index < -0.39 is 0 Å². The lowest BCUT2D eigenvalue weighted by Gasteiger charge is -2.16. The molecular formula is C9H9BrN2. The van der Waals surface area contributed by atoms with Crippen LogP contribution in [0.1, 0.15) is 0 Å². The van der Waals surface area contributed by atoms with Gasteiger partial charge < -0.3 is 4.90 Å². The van der Waals surface area contributed by atoms with E-state index in [4.69, 9.17) is 0 Å². The summed E-state index contributed by atoms with van der Waals surface area (Å²) in [6, 6.07) is 10.3. The van der Waals surface area contributed by atoms with Crippen LogP contribution in [-0.4, -0.2) is 17.8 Å². The summed E-state index contributed by atoms with van der Waals surface area (Å²) in [5, 5.41) is 0. The van der Waals surface area contributed by atoms with Crippen molar-refractivity contribution in [2.75, 3.05) is 18.0 Å². The maximum atomic E-state index is 4.25. The van der Waals surface area contributed by atoms with Crippen LogP contribution in [0.5, 0.6) is 0 Å². The summed E-state index contributed by atoms with van der Waals surface area (Å²) >= 11 is 3.42. The zero-order valence-corrected chi connectivity index (χ0v) is 8.16. The Balaban J connectivity index is 2.27. The number of para-hydroxylation sites is 1. The number of halogens is 1. The molecule has 0 amide bonds. The van der Waals surface area contributed by atoms with Gasteiger partial charge in [0.05, 0.1) is 6.54 Å². The Hall–Kier alpha value is -0.830. The Morgan fingerprint density at radius 1 is 1.25 bits per heavy atom. The van der Waals surface area contributed by atoms with Crippen molar-refractivity contribution in [2.24, 2.45) is 4.99 Å². The quantitative estimate of drug-likeness (QED) is 0.669. The van der Waals surface area contributed by atoms with Crippen molar-refractivity contribution in [3.63, 3.8) is 0 Å². The van der Waals surface area contributed by atoms with Gasteiger partial charge in [-0.15, -0.1) is 0 Å². The highest BCUT2D eigenvalue weighted by molar-refractivity contribution is 9.18. The third-order valence-electron chi connectivity index (χ3n) is 1.86. The molecule has 2 rings (SSSR count). The highest BCUT2D eigenvalue weighted by Crippen LogP contribution is 2.18. The molecule has 0 bridgehead atoms. The normalized spacial score (nSPS) is 16.4. The fourth-order valence-electron chi connectivity index (χ4n) is 1.26. The monoisotopic (exact) mass is 224 g/mol. The van der Waals surface area contributed by atoms with E-state index in [-0.39, 0.29) is 0 Å². The first kappa shape index (κ1) is 7.80. The summed E-state index contributed by atoms with van der Waals surface area (Å²) in [6.07, 6.45) is 0. The highest BCUT2D eigenvalue weighted by Gasteiger charge is 2.14. The largest absolute Gasteiger partial charge is 0.319 e. The zero-order chi connectivity index (χ0) is 8.39. The van der Waals surface area contributed by atoms with Gasteiger partial charge in [-0.1, -0.05) is 18.2 Å². The molecule has 1 aromatic rings. The van der Waals surface area contributed by atoms with Crippen molar-refractivity contribution in [2.45, 2.75) is 0 Å². The molecule has 0 N–H and O–H groups in total. The fourth-order valence-corrected chi connectivity index (χ4v) is 1.82. The molecule has 0 unspecified atom stereocenters. The van der Waals surface area contributed by atoms with Gasteiger partial charge in [-0.3, -0.25) is 4.99 Å². The van der Waals surface area contributed by atoms with Gasteiger partial charge in [-0.25, -0.2) is 0 Å². The second-order valence-electron chi connectivity index (χ2n) is 2.64. The maximum absolute atomic E-state index is 4.25. The second-order valence-corrected chi connectivity index (χ2v) is 3.35. The molecule has 1 heterocycles. The molecule has 0 atom stereocenters. The van der Waals surface area contributed by atoms with E-state index >= 15 is 0 Å². The molecule has 1 aromatic carbocycles. The van der Waals surface area contributed by atoms with Crippen LogP contribution in [-0.2, 0) is 0 Å². The van der Waals surface area contributed by atoms with Crippen LogP contribution >= 0.6 is 15.9 Å². The van der Waals surface area contributed by atoms with Crippen LogP contribution in [0.4, 0.5) is 5.69 Å². The number of aliphatic imine (C=N–C) groups is 1. The molecule has 1 aliphatic rings. The van der Waals surface area contributed by atoms with Crippen LogP contribution in [0.2, 0.25) is 0 Å². The molecule has 1 aliphatic heterocycles. The van der Waals surface area contributed by atoms with Crippen LogP contribution < -0.4 is 4.90 Å². The molecule has 0 aliphatic carbocycles. The fraction of sp³-hybridized carbons (Fsp3) is 0.222. The average Bonchev–Trinajstić information content (AvgIpc) is 2.53. The lowest BCUT2D eigenvalue weighted by molar-refractivity contribution is 1.02. The molecule has 62 valence electrons. The minimum atomic E-state index is 0.884. The number of amidine groups is 1. The molecular weight excluding hydrogens is 216 g/mol. The number of benzene rings is 1. The number of anilines is 1. The second kappa shape index (κ2) is 3.27. The van der Waals surface area contributed by atoms with E-state index in [0.717, 1.165) is 17.8 Å². The number of rotatable bonds is 1. The Bertz CT molecular complexity index is 295. The van der Waals surface area contributed by atoms with Crippen molar-refractivity contribution in [1.29, 1.82) is 0 Å². The lowest BCUT2D eigenvalue weighted by Crippen LogP contribution is -2.22. The summed E-state index contributed by atoms with van der Waals surface area (Å²) in [7, 11) is 0. The van der Waals surface area contributed by atoms with Crippen molar-refractivity contribution in [3.8, 4) is 0 Å². The van der Waals surface area contributed by atoms with Crippen LogP contribution in [0.3, 0.4) is 0 Å². The van der Waals surface area contributed by atoms with Gasteiger partial charge >= 0.3 is 0 Å². The van der Waals surface area contributed by atoms with Gasteiger partial charge in [0, 0.05) is 12.2 Å². The Kier molecular flexibility index (Phi) is 2.13. The predicted octanol–water partition coefficient (Wildman–Crippen LogP) is 2.26. The topological polar surface area (TPSA) is 15.6 Å². The Labute approximate surface area is 80.0 Å². The first-order valence-electron chi connectivity index (χ1n) is 3.90. The molecule has 0 saturated heterocycles. The SMILES string of the molecule is BrC1=NCCN1c1ccccc1. The summed E-state index contributed by atoms with van der Waals surface area (Å²) < 4.78 is 0.939. The maximum Gasteiger partial charge on any atom is 0.172 e. The van der Waals surface area contributed by atoms with Crippen molar-refractivity contribution < 1.29 is 0 Å². The van der Waals surface area contributed by atoms with E-state index in [1.165, 1.54) is 5.69 Å². The Morgan fingerprint density at radius 2 is 2.00 bits per heavy atom. The third-order valence-corrected chi connectivity index (χ3v) is 2.54. The molecule has 12 heavy (non-hydrogen) atoms. The smallest absolute Gasteiger partial charge is 0.172 e. The van der Waals surface area contributed by atoms with E-state index in [9.17, 15) is 0 Å². The van der Waals surface area contributed by atoms with Gasteiger partial charge in [0.25, 0.3) is 0 Å². The minimum absolute atomic E-state index is 0.884. The number of hydrogen-bond donors (Lipinski definition) is 0. The van der Waals surface area contributed by atoms with Gasteiger partial charge in [0.2, 0.25) is 0 Å². The van der Waals surface area contributed by atoms with E-state index in [0.29, 0.717) is 0 Å². The molecule has 0 radical (unpaired) electrons.